The second kappa shape index (κ2) is 11.9. The molecule has 0 bridgehead atoms. The molecule has 0 aliphatic carbocycles. The first kappa shape index (κ1) is 29.2. The number of para-hydroxylation sites is 2. The molecule has 43 heavy (non-hydrogen) atoms. The maximum absolute atomic E-state index is 14.2. The van der Waals surface area contributed by atoms with Gasteiger partial charge in [0.05, 0.1) is 0 Å². The van der Waals surface area contributed by atoms with E-state index in [0.717, 1.165) is 0 Å². The normalized spacial score (nSPS) is 11.9. The summed E-state index contributed by atoms with van der Waals surface area (Å²) in [6, 6.07) is 36.4. The third-order valence-electron chi connectivity index (χ3n) is 6.80. The minimum atomic E-state index is -6.51. The molecular formula is C32H25N2O8Sb+2. The third kappa shape index (κ3) is 5.13. The number of carboxylic acid groups (broad SMARTS) is 2. The molecule has 2 N–H and O–H groups in total. The Balaban J connectivity index is 1.90. The van der Waals surface area contributed by atoms with Crippen molar-refractivity contribution in [2.24, 2.45) is 0 Å². The molecule has 10 nitrogen and oxygen atoms in total. The van der Waals surface area contributed by atoms with Crippen molar-refractivity contribution in [2.75, 3.05) is 0 Å². The van der Waals surface area contributed by atoms with Crippen molar-refractivity contribution in [1.82, 2.24) is 0 Å². The van der Waals surface area contributed by atoms with Crippen LogP contribution in [0.2, 0.25) is 0 Å². The summed E-state index contributed by atoms with van der Waals surface area (Å²) in [4.78, 5) is 52.7. The van der Waals surface area contributed by atoms with Crippen LogP contribution in [0.4, 0.5) is 11.4 Å². The molecule has 0 spiro atoms. The van der Waals surface area contributed by atoms with E-state index in [1.165, 1.54) is 48.5 Å². The first-order valence-electron chi connectivity index (χ1n) is 13.0. The number of carboxylic acids is 2. The zero-order valence-corrected chi connectivity index (χ0v) is 25.0. The average Bonchev–Trinajstić information content (AvgIpc) is 3.05. The van der Waals surface area contributed by atoms with Gasteiger partial charge in [0.25, 0.3) is 0 Å². The first-order valence-corrected chi connectivity index (χ1v) is 18.9. The van der Waals surface area contributed by atoms with Gasteiger partial charge in [0.15, 0.2) is 0 Å². The van der Waals surface area contributed by atoms with E-state index in [9.17, 15) is 29.6 Å². The van der Waals surface area contributed by atoms with Crippen molar-refractivity contribution in [1.29, 1.82) is 0 Å². The Labute approximate surface area is 247 Å². The number of rotatable bonds is 11. The van der Waals surface area contributed by atoms with Gasteiger partial charge in [0.1, 0.15) is 0 Å². The molecule has 214 valence electrons. The Morgan fingerprint density at radius 3 is 1.05 bits per heavy atom. The van der Waals surface area contributed by atoms with E-state index in [1.54, 1.807) is 91.0 Å². The van der Waals surface area contributed by atoms with Gasteiger partial charge >= 0.3 is 248 Å². The van der Waals surface area contributed by atoms with Crippen molar-refractivity contribution in [3.8, 4) is 0 Å². The summed E-state index contributed by atoms with van der Waals surface area (Å²) in [6.45, 7) is 0. The maximum atomic E-state index is 14.2. The summed E-state index contributed by atoms with van der Waals surface area (Å²) in [5, 5.41) is 19.7. The first-order chi connectivity index (χ1) is 20.8. The van der Waals surface area contributed by atoms with Crippen LogP contribution in [-0.4, -0.2) is 50.2 Å². The predicted molar refractivity (Wildman–Crippen MR) is 160 cm³/mol. The van der Waals surface area contributed by atoms with E-state index in [1.807, 2.05) is 0 Å². The van der Waals surface area contributed by atoms with Gasteiger partial charge in [-0.05, 0) is 0 Å². The molecule has 0 aliphatic rings. The molecule has 0 radical (unpaired) electrons. The third-order valence-corrected chi connectivity index (χ3v) is 20.0. The van der Waals surface area contributed by atoms with Gasteiger partial charge in [-0.2, -0.15) is 0 Å². The summed E-state index contributed by atoms with van der Waals surface area (Å²) < 4.78 is 14.1. The molecule has 0 saturated carbocycles. The second-order valence-corrected chi connectivity index (χ2v) is 20.1. The summed E-state index contributed by atoms with van der Waals surface area (Å²) in [7, 11) is 0. The minimum absolute atomic E-state index is 0.0784. The molecule has 0 fully saturated rings. The molecular weight excluding hydrogens is 662 g/mol. The van der Waals surface area contributed by atoms with Crippen LogP contribution in [0.3, 0.4) is 0 Å². The molecule has 0 aromatic heterocycles. The monoisotopic (exact) mass is 686 g/mol. The molecule has 11 heteroatoms. The van der Waals surface area contributed by atoms with Crippen LogP contribution in [-0.2, 0) is 6.23 Å². The fraction of sp³-hybridized carbons (Fsp3) is 0. The topological polar surface area (TPSA) is 133 Å². The van der Waals surface area contributed by atoms with Crippen LogP contribution in [0.5, 0.6) is 0 Å². The zero-order chi connectivity index (χ0) is 30.5. The van der Waals surface area contributed by atoms with E-state index in [0.29, 0.717) is 10.5 Å². The van der Waals surface area contributed by atoms with Gasteiger partial charge < -0.3 is 0 Å². The molecule has 0 amide bonds. The van der Waals surface area contributed by atoms with Crippen molar-refractivity contribution in [3.05, 3.63) is 160 Å². The van der Waals surface area contributed by atoms with Gasteiger partial charge in [-0.25, -0.2) is 0 Å². The van der Waals surface area contributed by atoms with E-state index in [4.69, 9.17) is 6.23 Å². The average molecular weight is 687 g/mol. The Hall–Kier alpha value is -5.34. The summed E-state index contributed by atoms with van der Waals surface area (Å²) >= 11 is -6.51. The molecule has 0 unspecified atom stereocenters. The van der Waals surface area contributed by atoms with Crippen LogP contribution >= 0.6 is 0 Å². The Morgan fingerprint density at radius 1 is 0.465 bits per heavy atom. The van der Waals surface area contributed by atoms with Crippen LogP contribution < -0.4 is 10.5 Å². The molecule has 5 aromatic carbocycles. The van der Waals surface area contributed by atoms with E-state index < -0.39 is 30.2 Å². The van der Waals surface area contributed by atoms with Crippen LogP contribution in [0.25, 0.3) is 0 Å². The molecule has 0 aliphatic heterocycles. The van der Waals surface area contributed by atoms with Crippen LogP contribution in [0.15, 0.2) is 140 Å². The van der Waals surface area contributed by atoms with Crippen LogP contribution in [0.1, 0.15) is 20.7 Å². The fourth-order valence-electron chi connectivity index (χ4n) is 4.84. The second-order valence-electron chi connectivity index (χ2n) is 9.29. The van der Waals surface area contributed by atoms with Crippen molar-refractivity contribution >= 4 is 52.1 Å². The Bertz CT molecular complexity index is 1660. The van der Waals surface area contributed by atoms with Crippen molar-refractivity contribution in [2.45, 2.75) is 0 Å². The predicted octanol–water partition coefficient (Wildman–Crippen LogP) is 4.59. The molecule has 0 atom stereocenters. The molecule has 5 rings (SSSR count). The number of nitrogens with zero attached hydrogens (tertiary/aromatic N) is 2. The number of hydrogen-bond acceptors (Lipinski definition) is 6. The van der Waals surface area contributed by atoms with Gasteiger partial charge in [0.2, 0.25) is 0 Å². The van der Waals surface area contributed by atoms with Crippen LogP contribution in [0, 0.1) is 9.81 Å². The number of hydrogen-bond donors (Lipinski definition) is 2. The summed E-state index contributed by atoms with van der Waals surface area (Å²) in [5.41, 5.74) is -1.34. The summed E-state index contributed by atoms with van der Waals surface area (Å²) in [5.74, 6) is -2.73. The van der Waals surface area contributed by atoms with Crippen molar-refractivity contribution in [3.63, 3.8) is 0 Å². The summed E-state index contributed by atoms with van der Waals surface area (Å²) in [6.07, 6.45) is 0. The number of benzene rings is 5. The quantitative estimate of drug-likeness (QED) is 0.152. The number of aromatic carboxylic acids is 2. The standard InChI is InChI=1S/2C7H5NO4.3C6H5.Sb/c2*9-7(10)5-3-1-2-4-6(5)8(11)12;3*1-2-4-6-5-3-1;/h2*1-4H,(H,9,10);3*1-5H;/q;;;;;+2. The van der Waals surface area contributed by atoms with Gasteiger partial charge in [0, 0.05) is 0 Å². The SMILES string of the molecule is O=C(O)c1ccccc1[N+](=O)[O][Sb]([O][N+](=O)c1ccccc1C(=O)O)([c]1ccccc1)([c]1ccccc1)[c]1ccccc1. The molecule has 5 aromatic rings. The van der Waals surface area contributed by atoms with E-state index in [-0.39, 0.29) is 32.3 Å². The number of carbonyl (C=O) groups is 2. The van der Waals surface area contributed by atoms with Gasteiger partial charge in [-0.15, -0.1) is 0 Å². The van der Waals surface area contributed by atoms with E-state index >= 15 is 0 Å². The Morgan fingerprint density at radius 2 is 0.744 bits per heavy atom. The van der Waals surface area contributed by atoms with E-state index in [2.05, 4.69) is 0 Å². The van der Waals surface area contributed by atoms with Crippen molar-refractivity contribution < 1.29 is 35.9 Å². The van der Waals surface area contributed by atoms with Gasteiger partial charge in [-0.3, -0.25) is 0 Å². The Kier molecular flexibility index (Phi) is 8.05. The van der Waals surface area contributed by atoms with Gasteiger partial charge in [-0.1, -0.05) is 0 Å². The molecule has 0 saturated heterocycles. The molecule has 0 heterocycles. The zero-order valence-electron chi connectivity index (χ0n) is 22.5. The fourth-order valence-corrected chi connectivity index (χ4v) is 17.3.